The van der Waals surface area contributed by atoms with E-state index in [0.29, 0.717) is 61.2 Å². The van der Waals surface area contributed by atoms with Crippen molar-refractivity contribution in [3.05, 3.63) is 25.3 Å². The molecule has 10 rings (SSSR count). The molecule has 494 valence electrons. The third-order valence-electron chi connectivity index (χ3n) is 16.7. The summed E-state index contributed by atoms with van der Waals surface area (Å²) in [5, 5.41) is 5.74. The van der Waals surface area contributed by atoms with Gasteiger partial charge in [-0.2, -0.15) is 0 Å². The van der Waals surface area contributed by atoms with Crippen molar-refractivity contribution in [2.45, 2.75) is 191 Å². The summed E-state index contributed by atoms with van der Waals surface area (Å²) in [6, 6.07) is 0. The Morgan fingerprint density at radius 3 is 1.23 bits per heavy atom. The first kappa shape index (κ1) is 70.6. The molecule has 6 aliphatic rings. The van der Waals surface area contributed by atoms with E-state index in [1.165, 1.54) is 53.0 Å². The average Bonchev–Trinajstić information content (AvgIpc) is 1.00. The smallest absolute Gasteiger partial charge is 0.350 e. The number of halogens is 7. The Labute approximate surface area is 510 Å². The summed E-state index contributed by atoms with van der Waals surface area (Å²) in [6.07, 6.45) is 6.89. The highest BCUT2D eigenvalue weighted by molar-refractivity contribution is 7.59. The predicted molar refractivity (Wildman–Crippen MR) is 310 cm³/mol. The lowest BCUT2D eigenvalue weighted by Gasteiger charge is -2.57. The topological polar surface area (TPSA) is 370 Å². The van der Waals surface area contributed by atoms with E-state index in [0.717, 1.165) is 12.8 Å². The average molecular weight is 1320 g/mol. The zero-order valence-corrected chi connectivity index (χ0v) is 53.1. The molecule has 6 aliphatic carbocycles. The Morgan fingerprint density at radius 1 is 0.602 bits per heavy atom. The maximum absolute atomic E-state index is 14.7. The number of rotatable bonds is 23. The van der Waals surface area contributed by atoms with Gasteiger partial charge >= 0.3 is 25.5 Å². The highest BCUT2D eigenvalue weighted by Gasteiger charge is 2.64. The molecule has 3 spiro atoms. The zero-order valence-electron chi connectivity index (χ0n) is 50.6. The molecule has 0 radical (unpaired) electrons. The maximum atomic E-state index is 14.7. The molecule has 0 aliphatic heterocycles. The normalized spacial score (nSPS) is 21.3. The van der Waals surface area contributed by atoms with Crippen LogP contribution in [-0.4, -0.2) is 145 Å². The summed E-state index contributed by atoms with van der Waals surface area (Å²) >= 11 is 5.79. The van der Waals surface area contributed by atoms with E-state index in [4.69, 9.17) is 56.5 Å². The summed E-state index contributed by atoms with van der Waals surface area (Å²) < 4.78 is 135. The van der Waals surface area contributed by atoms with Gasteiger partial charge in [0.25, 0.3) is 0 Å². The number of imidazole rings is 2. The number of nitrogen functional groups attached to an aromatic ring is 2. The Bertz CT molecular complexity index is 3150. The molecule has 0 saturated heterocycles. The first-order valence-electron chi connectivity index (χ1n) is 28.6. The van der Waals surface area contributed by atoms with E-state index in [1.54, 1.807) is 36.8 Å². The van der Waals surface area contributed by atoms with Gasteiger partial charge in [0, 0.05) is 38.5 Å². The molecule has 0 bridgehead atoms. The van der Waals surface area contributed by atoms with Gasteiger partial charge in [-0.3, -0.25) is 23.5 Å². The van der Waals surface area contributed by atoms with Crippen molar-refractivity contribution >= 4 is 78.5 Å². The number of nitrogens with one attached hydrogen (secondary N) is 2. The number of nitrogens with zero attached hydrogens (tertiary/aromatic N) is 8. The van der Waals surface area contributed by atoms with Crippen LogP contribution in [0.15, 0.2) is 25.3 Å². The SMILES string of the molecule is CC(C)(Cl)C(=O)OCC1CC2(C1)CC(F)(F)C2.C[C@H](Cn1cnc2c(N)ncnc21)OCP(=O)(NC(C)(C)C(=O)OCC1CC2(C1)CC(F)(F)C2)NC(C)(C)C(=O)OCC1CC2(C1)CC(F)(F)C2.C[C@H](Cn1cnc2c(N)ncnc21)OCP(=O)(O)O.N. The Kier molecular flexibility index (Phi) is 20.6. The molecular formula is C54H82ClF6N13O12P2. The quantitative estimate of drug-likeness (QED) is 0.0120. The van der Waals surface area contributed by atoms with Crippen molar-refractivity contribution in [2.75, 3.05) is 44.0 Å². The third-order valence-corrected chi connectivity index (χ3v) is 19.7. The second-order valence-electron chi connectivity index (χ2n) is 27.0. The van der Waals surface area contributed by atoms with Crippen molar-refractivity contribution in [1.29, 1.82) is 0 Å². The Morgan fingerprint density at radius 2 is 0.920 bits per heavy atom. The number of hydrogen-bond acceptors (Lipinski definition) is 19. The van der Waals surface area contributed by atoms with E-state index >= 15 is 0 Å². The fourth-order valence-corrected chi connectivity index (χ4v) is 16.4. The van der Waals surface area contributed by atoms with Crippen LogP contribution in [0.25, 0.3) is 22.3 Å². The van der Waals surface area contributed by atoms with Gasteiger partial charge in [0.1, 0.15) is 52.3 Å². The predicted octanol–water partition coefficient (Wildman–Crippen LogP) is 8.92. The van der Waals surface area contributed by atoms with Crippen LogP contribution in [0.1, 0.15) is 132 Å². The van der Waals surface area contributed by atoms with Crippen LogP contribution in [0.4, 0.5) is 38.0 Å². The van der Waals surface area contributed by atoms with Crippen molar-refractivity contribution in [3.63, 3.8) is 0 Å². The molecule has 0 amide bonds. The maximum Gasteiger partial charge on any atom is 0.350 e. The monoisotopic (exact) mass is 1320 g/mol. The Balaban J connectivity index is 0.000000242. The van der Waals surface area contributed by atoms with Crippen LogP contribution in [0.5, 0.6) is 0 Å². The second-order valence-corrected chi connectivity index (χ2v) is 31.7. The molecule has 4 aromatic heterocycles. The van der Waals surface area contributed by atoms with E-state index in [-0.39, 0.29) is 110 Å². The summed E-state index contributed by atoms with van der Waals surface area (Å²) in [5.41, 5.74) is 9.56. The minimum absolute atomic E-state index is 0. The number of fused-ring (bicyclic) bond motifs is 2. The summed E-state index contributed by atoms with van der Waals surface area (Å²) in [6.45, 7) is 13.6. The van der Waals surface area contributed by atoms with E-state index in [1.807, 2.05) is 0 Å². The largest absolute Gasteiger partial charge is 0.464 e. The van der Waals surface area contributed by atoms with Gasteiger partial charge in [-0.15, -0.1) is 11.6 Å². The number of carbonyl (C=O) groups is 3. The number of aromatic nitrogens is 8. The van der Waals surface area contributed by atoms with Crippen LogP contribution < -0.4 is 27.8 Å². The molecule has 0 unspecified atom stereocenters. The van der Waals surface area contributed by atoms with Gasteiger partial charge < -0.3 is 60.2 Å². The highest BCUT2D eigenvalue weighted by Crippen LogP contribution is 2.66. The number of esters is 3. The van der Waals surface area contributed by atoms with Crippen molar-refractivity contribution in [1.82, 2.24) is 55.4 Å². The minimum Gasteiger partial charge on any atom is -0.464 e. The van der Waals surface area contributed by atoms with E-state index < -0.39 is 91.6 Å². The van der Waals surface area contributed by atoms with Crippen LogP contribution >= 0.6 is 26.6 Å². The number of carbonyl (C=O) groups excluding carboxylic acids is 3. The minimum atomic E-state index is -4.16. The fraction of sp³-hybridized carbons (Fsp3) is 0.759. The molecule has 6 saturated carbocycles. The number of nitrogens with two attached hydrogens (primary N) is 2. The molecule has 4 aromatic rings. The second kappa shape index (κ2) is 25.7. The first-order valence-corrected chi connectivity index (χ1v) is 32.7. The number of alkyl halides is 7. The zero-order chi connectivity index (χ0) is 64.2. The lowest BCUT2D eigenvalue weighted by Crippen LogP contribution is -2.56. The third kappa shape index (κ3) is 17.6. The molecule has 34 heteroatoms. The van der Waals surface area contributed by atoms with Crippen molar-refractivity contribution in [2.24, 2.45) is 34.0 Å². The van der Waals surface area contributed by atoms with Crippen LogP contribution in [0.2, 0.25) is 0 Å². The highest BCUT2D eigenvalue weighted by atomic mass is 35.5. The van der Waals surface area contributed by atoms with Crippen molar-refractivity contribution < 1.29 is 83.3 Å². The lowest BCUT2D eigenvalue weighted by atomic mass is 9.50. The van der Waals surface area contributed by atoms with Crippen LogP contribution in [-0.2, 0) is 60.3 Å². The van der Waals surface area contributed by atoms with Crippen molar-refractivity contribution in [3.8, 4) is 0 Å². The van der Waals surface area contributed by atoms with Gasteiger partial charge in [0.15, 0.2) is 22.9 Å². The molecule has 0 aromatic carbocycles. The molecule has 88 heavy (non-hydrogen) atoms. The van der Waals surface area contributed by atoms with Gasteiger partial charge in [-0.25, -0.2) is 66.4 Å². The van der Waals surface area contributed by atoms with E-state index in [9.17, 15) is 49.9 Å². The number of anilines is 2. The Hall–Kier alpha value is -4.84. The standard InChI is InChI=1S/C33H48F4N7O6P.C12H17ClF2O2.C9H14N5O4P.H3N/c1-20(10-44-18-41-23-24(38)39-17-40-25(23)44)50-19-51(47,42-28(2,3)26(45)48-11-21-6-30(7-21)13-32(34,35)14-30)43-29(4,5)27(46)49-12-22-8-31(9-22)15-33(36,37)16-31;1-10(2,13)9(16)17-5-8-3-11(4-8)6-12(14,15)7-11;1-6(18-5-19(15,16)17)2-14-4-13-7-8(10)11-3-12-9(7)14;/h17-18,20-22H,6-16,19H2,1-5H3,(H2,38,39,40)(H2,42,43,47);8H,3-7H2,1-2H3;3-4,6H,2,5H2,1H3,(H2,10,11,12)(H2,15,16,17);1H3/t20-;;6-;/m1.1./s1. The molecule has 6 fully saturated rings. The van der Waals surface area contributed by atoms with Crippen LogP contribution in [0, 0.1) is 34.0 Å². The van der Waals surface area contributed by atoms with Gasteiger partial charge in [-0.05, 0) is 128 Å². The van der Waals surface area contributed by atoms with Gasteiger partial charge in [0.2, 0.25) is 25.2 Å². The number of ether oxygens (including phenoxy) is 5. The molecule has 25 nitrogen and oxygen atoms in total. The van der Waals surface area contributed by atoms with Gasteiger partial charge in [-0.1, -0.05) is 0 Å². The lowest BCUT2D eigenvalue weighted by molar-refractivity contribution is -0.213. The molecule has 4 heterocycles. The van der Waals surface area contributed by atoms with Gasteiger partial charge in [0.05, 0.1) is 57.8 Å². The summed E-state index contributed by atoms with van der Waals surface area (Å²) in [7, 11) is -8.13. The molecule has 2 atom stereocenters. The van der Waals surface area contributed by atoms with E-state index in [2.05, 4.69) is 40.1 Å². The molecular weight excluding hydrogens is 1230 g/mol. The first-order chi connectivity index (χ1) is 40.0. The number of hydrogen-bond donors (Lipinski definition) is 7. The molecule has 11 N–H and O–H groups in total. The fourth-order valence-electron chi connectivity index (χ4n) is 13.2. The summed E-state index contributed by atoms with van der Waals surface area (Å²) in [4.78, 5) is 78.8. The van der Waals surface area contributed by atoms with Crippen LogP contribution in [0.3, 0.4) is 0 Å². The summed E-state index contributed by atoms with van der Waals surface area (Å²) in [5.74, 6) is -8.89.